The maximum atomic E-state index is 6.46. The van der Waals surface area contributed by atoms with E-state index >= 15 is 0 Å². The van der Waals surface area contributed by atoms with E-state index in [1.165, 1.54) is 49.7 Å². The molecular formula is C55H39NO. The molecule has 0 bridgehead atoms. The van der Waals surface area contributed by atoms with Crippen LogP contribution in [-0.4, -0.2) is 0 Å². The van der Waals surface area contributed by atoms with Gasteiger partial charge in [-0.05, 0) is 111 Å². The van der Waals surface area contributed by atoms with E-state index in [1.54, 1.807) is 0 Å². The van der Waals surface area contributed by atoms with Gasteiger partial charge in [0.15, 0.2) is 0 Å². The van der Waals surface area contributed by atoms with E-state index in [4.69, 9.17) is 4.42 Å². The Balaban J connectivity index is 1.06. The lowest BCUT2D eigenvalue weighted by molar-refractivity contribution is 0.629. The van der Waals surface area contributed by atoms with Crippen molar-refractivity contribution in [1.29, 1.82) is 0 Å². The van der Waals surface area contributed by atoms with Gasteiger partial charge in [0.05, 0.1) is 0 Å². The molecule has 57 heavy (non-hydrogen) atoms. The second kappa shape index (κ2) is 14.7. The van der Waals surface area contributed by atoms with E-state index in [9.17, 15) is 0 Å². The highest BCUT2D eigenvalue weighted by molar-refractivity contribution is 5.93. The molecule has 0 aliphatic rings. The van der Waals surface area contributed by atoms with Crippen LogP contribution in [0.5, 0.6) is 0 Å². The Morgan fingerprint density at radius 2 is 0.860 bits per heavy atom. The highest BCUT2D eigenvalue weighted by Crippen LogP contribution is 2.42. The molecule has 10 rings (SSSR count). The van der Waals surface area contributed by atoms with Crippen LogP contribution in [-0.2, 0) is 0 Å². The SMILES string of the molecule is Cc1c(-c2cccc(N(c3ccc(-c4ccc5ccccc5c4)cc3)c3ccc(-c4ccccc4-c4ccccc4-c4ccccc4)cc3)c2)oc2ccccc12. The number of anilines is 3. The molecule has 0 fully saturated rings. The highest BCUT2D eigenvalue weighted by atomic mass is 16.3. The first kappa shape index (κ1) is 34.1. The van der Waals surface area contributed by atoms with Crippen molar-refractivity contribution in [2.75, 3.05) is 4.90 Å². The fraction of sp³-hybridized carbons (Fsp3) is 0.0182. The molecule has 0 N–H and O–H groups in total. The molecule has 0 amide bonds. The number of furan rings is 1. The molecule has 1 aromatic heterocycles. The van der Waals surface area contributed by atoms with Crippen molar-refractivity contribution < 1.29 is 4.42 Å². The van der Waals surface area contributed by atoms with Crippen molar-refractivity contribution in [2.24, 2.45) is 0 Å². The monoisotopic (exact) mass is 729 g/mol. The van der Waals surface area contributed by atoms with Crippen LogP contribution in [0.3, 0.4) is 0 Å². The Hall–Kier alpha value is -7.42. The van der Waals surface area contributed by atoms with Crippen molar-refractivity contribution in [3.63, 3.8) is 0 Å². The number of para-hydroxylation sites is 1. The maximum absolute atomic E-state index is 6.46. The smallest absolute Gasteiger partial charge is 0.138 e. The average Bonchev–Trinajstić information content (AvgIpc) is 3.63. The average molecular weight is 730 g/mol. The molecule has 0 atom stereocenters. The summed E-state index contributed by atoms with van der Waals surface area (Å²) in [6.07, 6.45) is 0. The van der Waals surface area contributed by atoms with Crippen LogP contribution in [0.2, 0.25) is 0 Å². The highest BCUT2D eigenvalue weighted by Gasteiger charge is 2.18. The lowest BCUT2D eigenvalue weighted by atomic mass is 9.89. The van der Waals surface area contributed by atoms with E-state index in [0.717, 1.165) is 50.5 Å². The van der Waals surface area contributed by atoms with Crippen LogP contribution in [0.4, 0.5) is 17.1 Å². The van der Waals surface area contributed by atoms with E-state index < -0.39 is 0 Å². The summed E-state index contributed by atoms with van der Waals surface area (Å²) in [6, 6.07) is 78.2. The number of aryl methyl sites for hydroxylation is 1. The first-order valence-corrected chi connectivity index (χ1v) is 19.5. The van der Waals surface area contributed by atoms with Crippen molar-refractivity contribution >= 4 is 38.8 Å². The Kier molecular flexibility index (Phi) is 8.78. The summed E-state index contributed by atoms with van der Waals surface area (Å²) < 4.78 is 6.46. The molecule has 2 heteroatoms. The number of nitrogens with zero attached hydrogens (tertiary/aromatic N) is 1. The van der Waals surface area contributed by atoms with Crippen LogP contribution in [0, 0.1) is 6.92 Å². The van der Waals surface area contributed by atoms with Gasteiger partial charge in [-0.2, -0.15) is 0 Å². The number of hydrogen-bond donors (Lipinski definition) is 0. The third-order valence-corrected chi connectivity index (χ3v) is 11.1. The van der Waals surface area contributed by atoms with Crippen molar-refractivity contribution in [2.45, 2.75) is 6.92 Å². The van der Waals surface area contributed by atoms with Gasteiger partial charge in [0.2, 0.25) is 0 Å². The van der Waals surface area contributed by atoms with Crippen LogP contribution in [0.15, 0.2) is 223 Å². The second-order valence-electron chi connectivity index (χ2n) is 14.6. The minimum atomic E-state index is 0.896. The van der Waals surface area contributed by atoms with Gasteiger partial charge in [-0.1, -0.05) is 170 Å². The predicted molar refractivity (Wildman–Crippen MR) is 240 cm³/mol. The predicted octanol–water partition coefficient (Wildman–Crippen LogP) is 15.7. The summed E-state index contributed by atoms with van der Waals surface area (Å²) >= 11 is 0. The standard InChI is InChI=1S/C55H39NO/c1-38-49-20-11-12-25-54(49)57-55(38)45-18-13-19-48(37-45)56(46-32-28-40(29-33-46)44-27-26-39-14-5-6-17-43(39)36-44)47-34-30-42(31-35-47)51-22-8-10-24-53(51)52-23-9-7-21-50(52)41-15-3-2-4-16-41/h2-37H,1H3. The molecule has 0 unspecified atom stereocenters. The van der Waals surface area contributed by atoms with Crippen molar-refractivity contribution in [3.8, 4) is 55.8 Å². The summed E-state index contributed by atoms with van der Waals surface area (Å²) in [5, 5.41) is 3.63. The number of hydrogen-bond acceptors (Lipinski definition) is 2. The summed E-state index contributed by atoms with van der Waals surface area (Å²) in [5.74, 6) is 0.896. The number of rotatable bonds is 8. The quantitative estimate of drug-likeness (QED) is 0.155. The van der Waals surface area contributed by atoms with Gasteiger partial charge in [-0.15, -0.1) is 0 Å². The van der Waals surface area contributed by atoms with E-state index in [-0.39, 0.29) is 0 Å². The Morgan fingerprint density at radius 3 is 1.54 bits per heavy atom. The van der Waals surface area contributed by atoms with Gasteiger partial charge < -0.3 is 9.32 Å². The van der Waals surface area contributed by atoms with E-state index in [2.05, 4.69) is 218 Å². The Labute approximate surface area is 333 Å². The second-order valence-corrected chi connectivity index (χ2v) is 14.6. The largest absolute Gasteiger partial charge is 0.456 e. The topological polar surface area (TPSA) is 16.4 Å². The molecule has 270 valence electrons. The Morgan fingerprint density at radius 1 is 0.333 bits per heavy atom. The Bertz CT molecular complexity index is 3010. The third-order valence-electron chi connectivity index (χ3n) is 11.1. The fourth-order valence-electron chi connectivity index (χ4n) is 8.20. The minimum Gasteiger partial charge on any atom is -0.456 e. The number of benzene rings is 9. The van der Waals surface area contributed by atoms with Gasteiger partial charge in [-0.25, -0.2) is 0 Å². The summed E-state index contributed by atoms with van der Waals surface area (Å²) in [5.41, 5.74) is 15.9. The van der Waals surface area contributed by atoms with Gasteiger partial charge in [0, 0.05) is 33.6 Å². The van der Waals surface area contributed by atoms with E-state index in [0.29, 0.717) is 0 Å². The lowest BCUT2D eigenvalue weighted by Crippen LogP contribution is -2.10. The van der Waals surface area contributed by atoms with Gasteiger partial charge >= 0.3 is 0 Å². The van der Waals surface area contributed by atoms with Gasteiger partial charge in [0.25, 0.3) is 0 Å². The normalized spacial score (nSPS) is 11.2. The molecule has 0 saturated heterocycles. The molecule has 0 radical (unpaired) electrons. The maximum Gasteiger partial charge on any atom is 0.138 e. The lowest BCUT2D eigenvalue weighted by Gasteiger charge is -2.26. The third kappa shape index (κ3) is 6.48. The fourth-order valence-corrected chi connectivity index (χ4v) is 8.20. The zero-order chi connectivity index (χ0) is 38.1. The summed E-state index contributed by atoms with van der Waals surface area (Å²) in [4.78, 5) is 2.34. The van der Waals surface area contributed by atoms with Gasteiger partial charge in [-0.3, -0.25) is 0 Å². The zero-order valence-corrected chi connectivity index (χ0v) is 31.6. The van der Waals surface area contributed by atoms with Gasteiger partial charge in [0.1, 0.15) is 11.3 Å². The molecule has 0 saturated carbocycles. The van der Waals surface area contributed by atoms with E-state index in [1.807, 2.05) is 12.1 Å². The molecule has 2 nitrogen and oxygen atoms in total. The molecule has 10 aromatic rings. The molecule has 0 aliphatic heterocycles. The van der Waals surface area contributed by atoms with Crippen LogP contribution in [0.1, 0.15) is 5.56 Å². The zero-order valence-electron chi connectivity index (χ0n) is 31.6. The molecule has 9 aromatic carbocycles. The molecule has 0 aliphatic carbocycles. The molecule has 0 spiro atoms. The summed E-state index contributed by atoms with van der Waals surface area (Å²) in [7, 11) is 0. The number of fused-ring (bicyclic) bond motifs is 2. The molecule has 1 heterocycles. The van der Waals surface area contributed by atoms with Crippen LogP contribution < -0.4 is 4.90 Å². The van der Waals surface area contributed by atoms with Crippen LogP contribution in [0.25, 0.3) is 77.6 Å². The first-order chi connectivity index (χ1) is 28.2. The van der Waals surface area contributed by atoms with Crippen molar-refractivity contribution in [1.82, 2.24) is 0 Å². The first-order valence-electron chi connectivity index (χ1n) is 19.5. The van der Waals surface area contributed by atoms with Crippen LogP contribution >= 0.6 is 0 Å². The van der Waals surface area contributed by atoms with Crippen molar-refractivity contribution in [3.05, 3.63) is 224 Å². The molecular weight excluding hydrogens is 691 g/mol. The minimum absolute atomic E-state index is 0.896. The summed E-state index contributed by atoms with van der Waals surface area (Å²) in [6.45, 7) is 2.14.